The van der Waals surface area contributed by atoms with Gasteiger partial charge in [-0.2, -0.15) is 0 Å². The first kappa shape index (κ1) is 18.7. The maximum Gasteiger partial charge on any atom is 0.220 e. The number of amides is 1. The minimum absolute atomic E-state index is 0. The van der Waals surface area contributed by atoms with E-state index >= 15 is 0 Å². The number of rotatable bonds is 8. The molecule has 0 unspecified atom stereocenters. The third-order valence-electron chi connectivity index (χ3n) is 3.59. The van der Waals surface area contributed by atoms with Crippen molar-refractivity contribution >= 4 is 18.3 Å². The number of carbonyl (C=O) groups is 1. The first-order valence-electron chi connectivity index (χ1n) is 7.33. The minimum atomic E-state index is -0.105. The fraction of sp³-hybridized carbons (Fsp3) is 0.929. The summed E-state index contributed by atoms with van der Waals surface area (Å²) in [6.07, 6.45) is 8.18. The molecule has 0 radical (unpaired) electrons. The molecule has 0 aromatic carbocycles. The van der Waals surface area contributed by atoms with Crippen LogP contribution in [0.3, 0.4) is 0 Å². The van der Waals surface area contributed by atoms with Crippen LogP contribution in [0, 0.1) is 0 Å². The van der Waals surface area contributed by atoms with Gasteiger partial charge in [0, 0.05) is 19.6 Å². The lowest BCUT2D eigenvalue weighted by Gasteiger charge is -2.37. The van der Waals surface area contributed by atoms with Crippen LogP contribution in [-0.4, -0.2) is 31.2 Å². The molecule has 1 aliphatic carbocycles. The summed E-state index contributed by atoms with van der Waals surface area (Å²) in [5.41, 5.74) is 5.30. The van der Waals surface area contributed by atoms with Crippen LogP contribution >= 0.6 is 12.4 Å². The van der Waals surface area contributed by atoms with E-state index < -0.39 is 0 Å². The molecule has 0 bridgehead atoms. The Kier molecular flexibility index (Phi) is 10.3. The largest absolute Gasteiger partial charge is 0.373 e. The molecular formula is C14H29ClN2O2. The van der Waals surface area contributed by atoms with Crippen LogP contribution in [0.15, 0.2) is 0 Å². The third-order valence-corrected chi connectivity index (χ3v) is 3.59. The summed E-state index contributed by atoms with van der Waals surface area (Å²) in [4.78, 5) is 11.6. The van der Waals surface area contributed by atoms with Gasteiger partial charge in [0.1, 0.15) is 0 Å². The summed E-state index contributed by atoms with van der Waals surface area (Å²) >= 11 is 0. The summed E-state index contributed by atoms with van der Waals surface area (Å²) in [5, 5.41) is 3.02. The van der Waals surface area contributed by atoms with Gasteiger partial charge in [-0.25, -0.2) is 0 Å². The van der Waals surface area contributed by atoms with E-state index in [0.29, 0.717) is 19.5 Å². The van der Waals surface area contributed by atoms with Crippen molar-refractivity contribution < 1.29 is 9.53 Å². The van der Waals surface area contributed by atoms with Gasteiger partial charge in [0.05, 0.1) is 5.60 Å². The number of nitrogens with one attached hydrogen (secondary N) is 1. The molecule has 1 saturated carbocycles. The fourth-order valence-electron chi connectivity index (χ4n) is 2.50. The number of carbonyl (C=O) groups excluding carboxylic acids is 1. The van der Waals surface area contributed by atoms with Crippen molar-refractivity contribution in [2.24, 2.45) is 5.73 Å². The van der Waals surface area contributed by atoms with Crippen LogP contribution in [0.2, 0.25) is 0 Å². The molecule has 5 heteroatoms. The van der Waals surface area contributed by atoms with Crippen LogP contribution in [-0.2, 0) is 9.53 Å². The fourth-order valence-corrected chi connectivity index (χ4v) is 2.50. The Morgan fingerprint density at radius 2 is 2.00 bits per heavy atom. The van der Waals surface area contributed by atoms with Crippen molar-refractivity contribution in [2.45, 2.75) is 63.9 Å². The van der Waals surface area contributed by atoms with Crippen molar-refractivity contribution in [3.8, 4) is 0 Å². The molecule has 0 aliphatic heterocycles. The maximum absolute atomic E-state index is 11.6. The molecule has 0 atom stereocenters. The Morgan fingerprint density at radius 1 is 1.32 bits per heavy atom. The molecular weight excluding hydrogens is 264 g/mol. The molecule has 1 rings (SSSR count). The molecule has 19 heavy (non-hydrogen) atoms. The van der Waals surface area contributed by atoms with Gasteiger partial charge in [0.25, 0.3) is 0 Å². The van der Waals surface area contributed by atoms with Gasteiger partial charge in [-0.1, -0.05) is 26.2 Å². The average Bonchev–Trinajstić information content (AvgIpc) is 2.42. The van der Waals surface area contributed by atoms with E-state index in [0.717, 1.165) is 32.3 Å². The SMILES string of the molecule is CCCOC1(CNC(=O)CCCN)CCCCC1.Cl. The Bertz CT molecular complexity index is 244. The van der Waals surface area contributed by atoms with Gasteiger partial charge in [-0.15, -0.1) is 12.4 Å². The number of hydrogen-bond acceptors (Lipinski definition) is 3. The topological polar surface area (TPSA) is 64.3 Å². The summed E-state index contributed by atoms with van der Waals surface area (Å²) in [5.74, 6) is 0.102. The lowest BCUT2D eigenvalue weighted by atomic mass is 9.84. The van der Waals surface area contributed by atoms with Crippen LogP contribution in [0.4, 0.5) is 0 Å². The molecule has 0 saturated heterocycles. The number of hydrogen-bond donors (Lipinski definition) is 2. The second-order valence-corrected chi connectivity index (χ2v) is 5.26. The third kappa shape index (κ3) is 7.14. The van der Waals surface area contributed by atoms with E-state index in [1.165, 1.54) is 19.3 Å². The molecule has 4 nitrogen and oxygen atoms in total. The van der Waals surface area contributed by atoms with E-state index in [9.17, 15) is 4.79 Å². The Balaban J connectivity index is 0.00000324. The molecule has 0 aromatic rings. The van der Waals surface area contributed by atoms with Crippen LogP contribution in [0.25, 0.3) is 0 Å². The van der Waals surface area contributed by atoms with Crippen molar-refractivity contribution in [1.29, 1.82) is 0 Å². The van der Waals surface area contributed by atoms with Gasteiger partial charge >= 0.3 is 0 Å². The highest BCUT2D eigenvalue weighted by atomic mass is 35.5. The van der Waals surface area contributed by atoms with Crippen molar-refractivity contribution in [2.75, 3.05) is 19.7 Å². The van der Waals surface area contributed by atoms with Crippen LogP contribution in [0.5, 0.6) is 0 Å². The van der Waals surface area contributed by atoms with Crippen LogP contribution < -0.4 is 11.1 Å². The first-order chi connectivity index (χ1) is 8.72. The van der Waals surface area contributed by atoms with E-state index in [4.69, 9.17) is 10.5 Å². The second-order valence-electron chi connectivity index (χ2n) is 5.26. The van der Waals surface area contributed by atoms with Gasteiger partial charge in [-0.05, 0) is 32.2 Å². The lowest BCUT2D eigenvalue weighted by Crippen LogP contribution is -2.46. The summed E-state index contributed by atoms with van der Waals surface area (Å²) in [7, 11) is 0. The van der Waals surface area contributed by atoms with E-state index in [1.54, 1.807) is 0 Å². The summed E-state index contributed by atoms with van der Waals surface area (Å²) in [6, 6.07) is 0. The number of ether oxygens (including phenoxy) is 1. The standard InChI is InChI=1S/C14H28N2O2.ClH/c1-2-11-18-14(8-4-3-5-9-14)12-16-13(17)7-6-10-15;/h2-12,15H2,1H3,(H,16,17);1H. The molecule has 0 heterocycles. The first-order valence-corrected chi connectivity index (χ1v) is 7.33. The van der Waals surface area contributed by atoms with Crippen LogP contribution in [0.1, 0.15) is 58.3 Å². The predicted molar refractivity (Wildman–Crippen MR) is 80.6 cm³/mol. The van der Waals surface area contributed by atoms with Crippen molar-refractivity contribution in [3.63, 3.8) is 0 Å². The van der Waals surface area contributed by atoms with E-state index in [1.807, 2.05) is 0 Å². The molecule has 1 amide bonds. The quantitative estimate of drug-likeness (QED) is 0.722. The molecule has 3 N–H and O–H groups in total. The van der Waals surface area contributed by atoms with Crippen molar-refractivity contribution in [3.05, 3.63) is 0 Å². The Morgan fingerprint density at radius 3 is 2.58 bits per heavy atom. The Hall–Kier alpha value is -0.320. The monoisotopic (exact) mass is 292 g/mol. The number of nitrogens with two attached hydrogens (primary N) is 1. The van der Waals surface area contributed by atoms with E-state index in [2.05, 4.69) is 12.2 Å². The van der Waals surface area contributed by atoms with E-state index in [-0.39, 0.29) is 23.9 Å². The minimum Gasteiger partial charge on any atom is -0.373 e. The molecule has 1 fully saturated rings. The predicted octanol–water partition coefficient (Wildman–Crippen LogP) is 2.39. The molecule has 0 spiro atoms. The zero-order valence-electron chi connectivity index (χ0n) is 12.1. The highest BCUT2D eigenvalue weighted by Crippen LogP contribution is 2.31. The molecule has 0 aromatic heterocycles. The smallest absolute Gasteiger partial charge is 0.220 e. The van der Waals surface area contributed by atoms with Gasteiger partial charge in [0.2, 0.25) is 5.91 Å². The second kappa shape index (κ2) is 10.5. The lowest BCUT2D eigenvalue weighted by molar-refractivity contribution is -0.124. The summed E-state index contributed by atoms with van der Waals surface area (Å²) < 4.78 is 6.04. The molecule has 1 aliphatic rings. The number of halogens is 1. The molecule has 114 valence electrons. The normalized spacial score (nSPS) is 17.6. The highest BCUT2D eigenvalue weighted by molar-refractivity contribution is 5.85. The maximum atomic E-state index is 11.6. The average molecular weight is 293 g/mol. The summed E-state index contributed by atoms with van der Waals surface area (Å²) in [6.45, 7) is 4.15. The Labute approximate surface area is 123 Å². The van der Waals surface area contributed by atoms with Gasteiger partial charge in [-0.3, -0.25) is 4.79 Å². The zero-order chi connectivity index (χ0) is 13.3. The zero-order valence-corrected chi connectivity index (χ0v) is 12.9. The van der Waals surface area contributed by atoms with Gasteiger partial charge < -0.3 is 15.8 Å². The highest BCUT2D eigenvalue weighted by Gasteiger charge is 2.32. The van der Waals surface area contributed by atoms with Gasteiger partial charge in [0.15, 0.2) is 0 Å². The van der Waals surface area contributed by atoms with Crippen molar-refractivity contribution in [1.82, 2.24) is 5.32 Å².